The SMILES string of the molecule is O=P([O-])([O-])CCl.O=P([O-])([O-])CCl.[Ti+2].[Ti+2]. The topological polar surface area (TPSA) is 126 Å². The molecular weight excluding hydrogens is 349 g/mol. The molecule has 80 valence electrons. The third kappa shape index (κ3) is 36.7. The second kappa shape index (κ2) is 11.8. The molecule has 0 saturated heterocycles. The first-order valence-corrected chi connectivity index (χ1v) is 6.79. The van der Waals surface area contributed by atoms with E-state index in [4.69, 9.17) is 0 Å². The zero-order valence-electron chi connectivity index (χ0n) is 6.51. The molecule has 0 fully saturated rings. The van der Waals surface area contributed by atoms with Crippen LogP contribution in [0.15, 0.2) is 0 Å². The first-order valence-electron chi connectivity index (χ1n) is 2.26. The van der Waals surface area contributed by atoms with Gasteiger partial charge in [0.25, 0.3) is 0 Å². The fraction of sp³-hybridized carbons (Fsp3) is 1.00. The van der Waals surface area contributed by atoms with Crippen molar-refractivity contribution in [2.24, 2.45) is 0 Å². The summed E-state index contributed by atoms with van der Waals surface area (Å²) in [7, 11) is -8.76. The van der Waals surface area contributed by atoms with E-state index in [0.29, 0.717) is 0 Å². The molecule has 0 saturated carbocycles. The summed E-state index contributed by atoms with van der Waals surface area (Å²) >= 11 is 9.18. The van der Waals surface area contributed by atoms with Crippen LogP contribution in [-0.2, 0) is 52.6 Å². The number of halogens is 2. The Balaban J connectivity index is -0.0000000625. The standard InChI is InChI=1S/2CH4ClO3P.2Ti/c2*2-1-6(3,4)5;;/h2*1H2,(H2,3,4,5);;/q;;2*+2/p-4. The molecule has 0 amide bonds. The number of hydrogen-bond acceptors (Lipinski definition) is 6. The van der Waals surface area contributed by atoms with Crippen LogP contribution < -0.4 is 19.6 Å². The van der Waals surface area contributed by atoms with Gasteiger partial charge in [-0.25, -0.2) is 0 Å². The van der Waals surface area contributed by atoms with Gasteiger partial charge in [0, 0.05) is 0 Å². The van der Waals surface area contributed by atoms with Crippen LogP contribution in [0.2, 0.25) is 0 Å². The summed E-state index contributed by atoms with van der Waals surface area (Å²) in [6.45, 7) is 0. The Morgan fingerprint density at radius 3 is 0.857 bits per heavy atom. The van der Waals surface area contributed by atoms with Gasteiger partial charge in [0.05, 0.1) is 11.2 Å². The Morgan fingerprint density at radius 2 is 0.857 bits per heavy atom. The fourth-order valence-corrected chi connectivity index (χ4v) is 0. The van der Waals surface area contributed by atoms with Crippen LogP contribution in [0.25, 0.3) is 0 Å². The third-order valence-electron chi connectivity index (χ3n) is 0.293. The Bertz CT molecular complexity index is 180. The Kier molecular flexibility index (Phi) is 21.2. The molecule has 0 aliphatic heterocycles. The minimum atomic E-state index is -4.38. The van der Waals surface area contributed by atoms with Gasteiger partial charge in [0.15, 0.2) is 0 Å². The molecule has 6 nitrogen and oxygen atoms in total. The first kappa shape index (κ1) is 25.2. The predicted molar refractivity (Wildman–Crippen MR) is 36.7 cm³/mol. The van der Waals surface area contributed by atoms with E-state index in [1.807, 2.05) is 0 Å². The van der Waals surface area contributed by atoms with Crippen molar-refractivity contribution in [1.82, 2.24) is 0 Å². The molecule has 0 aliphatic rings. The van der Waals surface area contributed by atoms with Crippen molar-refractivity contribution in [2.75, 3.05) is 11.2 Å². The van der Waals surface area contributed by atoms with Crippen molar-refractivity contribution < 1.29 is 72.1 Å². The van der Waals surface area contributed by atoms with Gasteiger partial charge in [0.2, 0.25) is 0 Å². The molecule has 14 heavy (non-hydrogen) atoms. The summed E-state index contributed by atoms with van der Waals surface area (Å²) in [6, 6.07) is 0. The molecule has 0 aromatic rings. The second-order valence-electron chi connectivity index (χ2n) is 1.46. The van der Waals surface area contributed by atoms with Crippen molar-refractivity contribution in [3.8, 4) is 0 Å². The Hall–Kier alpha value is 2.31. The van der Waals surface area contributed by atoms with Crippen LogP contribution in [0.4, 0.5) is 0 Å². The first-order chi connectivity index (χ1) is 5.12. The maximum Gasteiger partial charge on any atom is 2.00 e. The summed E-state index contributed by atoms with van der Waals surface area (Å²) < 4.78 is 18.7. The molecule has 0 aromatic carbocycles. The van der Waals surface area contributed by atoms with Crippen LogP contribution in [0.1, 0.15) is 0 Å². The average Bonchev–Trinajstić information content (AvgIpc) is 1.86. The van der Waals surface area contributed by atoms with Crippen LogP contribution in [0.5, 0.6) is 0 Å². The molecule has 0 rings (SSSR count). The van der Waals surface area contributed by atoms with Crippen molar-refractivity contribution in [3.05, 3.63) is 0 Å². The largest absolute Gasteiger partial charge is 2.00 e. The van der Waals surface area contributed by atoms with Crippen LogP contribution in [-0.4, -0.2) is 11.2 Å². The van der Waals surface area contributed by atoms with Crippen LogP contribution in [0.3, 0.4) is 0 Å². The minimum absolute atomic E-state index is 0. The predicted octanol–water partition coefficient (Wildman–Crippen LogP) is -1.81. The molecule has 0 bridgehead atoms. The van der Waals surface area contributed by atoms with Gasteiger partial charge in [-0.05, 0) is 0 Å². The van der Waals surface area contributed by atoms with E-state index in [0.717, 1.165) is 0 Å². The minimum Gasteiger partial charge on any atom is -0.810 e. The summed E-state index contributed by atoms with van der Waals surface area (Å²) in [5.74, 6) is 0. The zero-order valence-corrected chi connectivity index (χ0v) is 12.9. The Labute approximate surface area is 121 Å². The molecule has 0 spiro atoms. The van der Waals surface area contributed by atoms with Gasteiger partial charge in [0.1, 0.15) is 0 Å². The van der Waals surface area contributed by atoms with Crippen molar-refractivity contribution >= 4 is 38.4 Å². The summed E-state index contributed by atoms with van der Waals surface area (Å²) in [5, 5.41) is 0. The molecular formula is C2H4Cl2O6P2Ti2. The van der Waals surface area contributed by atoms with E-state index >= 15 is 0 Å². The second-order valence-corrected chi connectivity index (χ2v) is 5.82. The Morgan fingerprint density at radius 1 is 0.786 bits per heavy atom. The van der Waals surface area contributed by atoms with Gasteiger partial charge >= 0.3 is 43.4 Å². The zero-order chi connectivity index (χ0) is 10.4. The molecule has 0 N–H and O–H groups in total. The van der Waals surface area contributed by atoms with E-state index in [9.17, 15) is 28.7 Å². The maximum absolute atomic E-state index is 9.34. The van der Waals surface area contributed by atoms with E-state index in [-0.39, 0.29) is 43.4 Å². The van der Waals surface area contributed by atoms with E-state index < -0.39 is 26.4 Å². The number of rotatable bonds is 2. The van der Waals surface area contributed by atoms with Gasteiger partial charge in [-0.15, -0.1) is 23.2 Å². The molecule has 0 unspecified atom stereocenters. The monoisotopic (exact) mass is 352 g/mol. The van der Waals surface area contributed by atoms with Gasteiger partial charge in [-0.3, -0.25) is 0 Å². The van der Waals surface area contributed by atoms with E-state index in [2.05, 4.69) is 23.2 Å². The number of hydrogen-bond donors (Lipinski definition) is 0. The molecule has 0 radical (unpaired) electrons. The summed E-state index contributed by atoms with van der Waals surface area (Å²) in [5.41, 5.74) is -1.62. The normalized spacial score (nSPS) is 10.1. The molecule has 12 heteroatoms. The maximum atomic E-state index is 9.34. The van der Waals surface area contributed by atoms with Gasteiger partial charge in [-0.1, -0.05) is 15.2 Å². The summed E-state index contributed by atoms with van der Waals surface area (Å²) in [6.07, 6.45) is 0. The van der Waals surface area contributed by atoms with Crippen molar-refractivity contribution in [3.63, 3.8) is 0 Å². The van der Waals surface area contributed by atoms with E-state index in [1.54, 1.807) is 0 Å². The third-order valence-corrected chi connectivity index (χ3v) is 2.63. The average molecular weight is 353 g/mol. The molecule has 0 heterocycles. The van der Waals surface area contributed by atoms with Crippen LogP contribution in [0, 0.1) is 0 Å². The van der Waals surface area contributed by atoms with Gasteiger partial charge in [-0.2, -0.15) is 0 Å². The smallest absolute Gasteiger partial charge is 0.810 e. The van der Waals surface area contributed by atoms with Crippen molar-refractivity contribution in [1.29, 1.82) is 0 Å². The molecule has 0 aromatic heterocycles. The van der Waals surface area contributed by atoms with Gasteiger partial charge < -0.3 is 28.7 Å². The fourth-order valence-electron chi connectivity index (χ4n) is 0. The number of alkyl halides is 2. The van der Waals surface area contributed by atoms with Crippen molar-refractivity contribution in [2.45, 2.75) is 0 Å². The molecule has 0 atom stereocenters. The summed E-state index contributed by atoms with van der Waals surface area (Å²) in [4.78, 5) is 37.4. The molecule has 0 aliphatic carbocycles. The quantitative estimate of drug-likeness (QED) is 0.327. The van der Waals surface area contributed by atoms with Crippen LogP contribution >= 0.6 is 38.4 Å². The van der Waals surface area contributed by atoms with E-state index in [1.165, 1.54) is 0 Å².